The molecule has 294 valence electrons. The number of hydrogen-bond donors (Lipinski definition) is 1. The summed E-state index contributed by atoms with van der Waals surface area (Å²) in [7, 11) is 0. The Hall–Kier alpha value is -5.45. The number of carbonyl (C=O) groups is 5. The summed E-state index contributed by atoms with van der Waals surface area (Å²) >= 11 is 6.37. The summed E-state index contributed by atoms with van der Waals surface area (Å²) in [4.78, 5) is 80.1. The van der Waals surface area contributed by atoms with E-state index < -0.39 is 29.7 Å². The van der Waals surface area contributed by atoms with E-state index in [-0.39, 0.29) is 24.2 Å². The van der Waals surface area contributed by atoms with Crippen LogP contribution < -0.4 is 20.0 Å². The van der Waals surface area contributed by atoms with E-state index in [1.54, 1.807) is 18.2 Å². The van der Waals surface area contributed by atoms with E-state index in [0.29, 0.717) is 33.9 Å². The molecule has 3 aromatic rings. The topological polar surface area (TPSA) is 121 Å². The molecular weight excluding hydrogens is 744 g/mol. The first kappa shape index (κ1) is 37.1. The second kappa shape index (κ2) is 14.5. The summed E-state index contributed by atoms with van der Waals surface area (Å²) in [5.41, 5.74) is 4.99. The van der Waals surface area contributed by atoms with Gasteiger partial charge in [-0.1, -0.05) is 17.7 Å². The normalized spacial score (nSPS) is 23.8. The van der Waals surface area contributed by atoms with Gasteiger partial charge in [-0.3, -0.25) is 39.1 Å². The van der Waals surface area contributed by atoms with Crippen molar-refractivity contribution in [1.82, 2.24) is 20.0 Å². The largest absolute Gasteiger partial charge is 0.369 e. The van der Waals surface area contributed by atoms with Crippen molar-refractivity contribution in [1.29, 1.82) is 0 Å². The molecule has 0 radical (unpaired) electrons. The van der Waals surface area contributed by atoms with Crippen molar-refractivity contribution in [3.63, 3.8) is 0 Å². The van der Waals surface area contributed by atoms with E-state index in [9.17, 15) is 24.0 Å². The molecule has 3 aromatic carbocycles. The van der Waals surface area contributed by atoms with Crippen LogP contribution in [0, 0.1) is 12.0 Å². The minimum absolute atomic E-state index is 0.0887. The van der Waals surface area contributed by atoms with Gasteiger partial charge in [0.15, 0.2) is 0 Å². The zero-order valence-corrected chi connectivity index (χ0v) is 32.7. The summed E-state index contributed by atoms with van der Waals surface area (Å²) in [6.07, 6.45) is 3.23. The SMILES string of the molecule is [C-]#[N+]c1ccc(N2CCC3(CCN(C(=O)c4ccc(N5CCN(C6CN(c7ccc8c(c7)C(=O)N(C7CCC(=O)NC7=O)C8=O)C6)CC5)cc4)CC3)C2C)cc1Cl. The van der Waals surface area contributed by atoms with Gasteiger partial charge in [0.1, 0.15) is 6.04 Å². The zero-order valence-electron chi connectivity index (χ0n) is 32.0. The number of rotatable bonds is 6. The highest BCUT2D eigenvalue weighted by Crippen LogP contribution is 2.47. The van der Waals surface area contributed by atoms with Crippen LogP contribution in [-0.2, 0) is 9.59 Å². The van der Waals surface area contributed by atoms with E-state index in [0.717, 1.165) is 106 Å². The number of imide groups is 2. The smallest absolute Gasteiger partial charge is 0.262 e. The van der Waals surface area contributed by atoms with Crippen molar-refractivity contribution in [3.05, 3.63) is 93.8 Å². The van der Waals surface area contributed by atoms with E-state index in [2.05, 4.69) is 48.8 Å². The molecular formula is C43H45ClN8O5. The molecule has 1 N–H and O–H groups in total. The lowest BCUT2D eigenvalue weighted by atomic mass is 9.73. The summed E-state index contributed by atoms with van der Waals surface area (Å²) in [6.45, 7) is 17.2. The van der Waals surface area contributed by atoms with Gasteiger partial charge in [0.25, 0.3) is 17.7 Å². The number of likely N-dealkylation sites (tertiary alicyclic amines) is 1. The number of fused-ring (bicyclic) bond motifs is 1. The maximum Gasteiger partial charge on any atom is 0.262 e. The average Bonchev–Trinajstić information content (AvgIpc) is 3.65. The van der Waals surface area contributed by atoms with Crippen LogP contribution >= 0.6 is 11.6 Å². The van der Waals surface area contributed by atoms with Gasteiger partial charge in [-0.25, -0.2) is 4.85 Å². The Labute approximate surface area is 336 Å². The summed E-state index contributed by atoms with van der Waals surface area (Å²) in [5.74, 6) is -1.89. The van der Waals surface area contributed by atoms with Gasteiger partial charge in [0.2, 0.25) is 17.5 Å². The molecule has 14 heteroatoms. The minimum atomic E-state index is -0.974. The molecule has 13 nitrogen and oxygen atoms in total. The van der Waals surface area contributed by atoms with Gasteiger partial charge in [0, 0.05) is 105 Å². The molecule has 1 spiro atoms. The number of nitrogens with one attached hydrogen (secondary N) is 1. The molecule has 2 unspecified atom stereocenters. The molecule has 0 aliphatic carbocycles. The van der Waals surface area contributed by atoms with Crippen LogP contribution in [0.25, 0.3) is 4.85 Å². The number of amides is 5. The van der Waals surface area contributed by atoms with Gasteiger partial charge in [-0.05, 0) is 92.6 Å². The predicted octanol–water partition coefficient (Wildman–Crippen LogP) is 4.82. The van der Waals surface area contributed by atoms with E-state index in [4.69, 9.17) is 18.2 Å². The van der Waals surface area contributed by atoms with Crippen LogP contribution in [0.4, 0.5) is 22.7 Å². The lowest BCUT2D eigenvalue weighted by Crippen LogP contribution is -2.63. The molecule has 2 atom stereocenters. The van der Waals surface area contributed by atoms with Crippen molar-refractivity contribution in [2.45, 2.75) is 57.2 Å². The van der Waals surface area contributed by atoms with Crippen LogP contribution in [0.1, 0.15) is 70.1 Å². The monoisotopic (exact) mass is 788 g/mol. The highest BCUT2D eigenvalue weighted by molar-refractivity contribution is 6.33. The molecule has 57 heavy (non-hydrogen) atoms. The lowest BCUT2D eigenvalue weighted by Gasteiger charge is -2.49. The number of piperidine rings is 2. The molecule has 0 bridgehead atoms. The fourth-order valence-corrected chi connectivity index (χ4v) is 10.1. The maximum atomic E-state index is 13.6. The molecule has 5 fully saturated rings. The molecule has 9 rings (SSSR count). The van der Waals surface area contributed by atoms with Crippen LogP contribution in [-0.4, -0.2) is 121 Å². The third kappa shape index (κ3) is 6.48. The molecule has 0 saturated carbocycles. The Morgan fingerprint density at radius 3 is 2.14 bits per heavy atom. The van der Waals surface area contributed by atoms with Crippen molar-refractivity contribution in [2.75, 3.05) is 73.6 Å². The number of carbonyl (C=O) groups excluding carboxylic acids is 5. The Bertz CT molecular complexity index is 2200. The minimum Gasteiger partial charge on any atom is -0.369 e. The second-order valence-corrected chi connectivity index (χ2v) is 16.7. The Balaban J connectivity index is 0.743. The van der Waals surface area contributed by atoms with Crippen LogP contribution in [0.15, 0.2) is 60.7 Å². The maximum absolute atomic E-state index is 13.6. The third-order valence-corrected chi connectivity index (χ3v) is 13.9. The summed E-state index contributed by atoms with van der Waals surface area (Å²) in [5, 5.41) is 2.73. The Morgan fingerprint density at radius 1 is 0.789 bits per heavy atom. The van der Waals surface area contributed by atoms with Crippen molar-refractivity contribution in [2.24, 2.45) is 5.41 Å². The first-order valence-corrected chi connectivity index (χ1v) is 20.3. The second-order valence-electron chi connectivity index (χ2n) is 16.3. The lowest BCUT2D eigenvalue weighted by molar-refractivity contribution is -0.136. The highest BCUT2D eigenvalue weighted by Gasteiger charge is 2.48. The first-order valence-electron chi connectivity index (χ1n) is 20.0. The van der Waals surface area contributed by atoms with Gasteiger partial charge in [0.05, 0.1) is 17.7 Å². The van der Waals surface area contributed by atoms with Crippen molar-refractivity contribution in [3.8, 4) is 0 Å². The number of hydrogen-bond acceptors (Lipinski definition) is 9. The number of nitrogens with zero attached hydrogens (tertiary/aromatic N) is 7. The summed E-state index contributed by atoms with van der Waals surface area (Å²) in [6, 6.07) is 18.8. The Morgan fingerprint density at radius 2 is 1.46 bits per heavy atom. The van der Waals surface area contributed by atoms with Crippen LogP contribution in [0.2, 0.25) is 5.02 Å². The Kier molecular flexibility index (Phi) is 9.44. The highest BCUT2D eigenvalue weighted by atomic mass is 35.5. The van der Waals surface area contributed by atoms with E-state index in [1.165, 1.54) is 0 Å². The van der Waals surface area contributed by atoms with Crippen molar-refractivity contribution >= 4 is 63.9 Å². The van der Waals surface area contributed by atoms with Crippen LogP contribution in [0.5, 0.6) is 0 Å². The predicted molar refractivity (Wildman–Crippen MR) is 216 cm³/mol. The van der Waals surface area contributed by atoms with Gasteiger partial charge >= 0.3 is 0 Å². The molecule has 6 aliphatic heterocycles. The van der Waals surface area contributed by atoms with Crippen molar-refractivity contribution < 1.29 is 24.0 Å². The third-order valence-electron chi connectivity index (χ3n) is 13.6. The number of benzene rings is 3. The fraction of sp³-hybridized carbons (Fsp3) is 0.442. The molecule has 6 heterocycles. The molecule has 0 aromatic heterocycles. The summed E-state index contributed by atoms with van der Waals surface area (Å²) < 4.78 is 0. The van der Waals surface area contributed by atoms with Gasteiger partial charge < -0.3 is 19.6 Å². The first-order chi connectivity index (χ1) is 27.5. The van der Waals surface area contributed by atoms with E-state index in [1.807, 2.05) is 35.2 Å². The molecule has 5 saturated heterocycles. The van der Waals surface area contributed by atoms with Gasteiger partial charge in [-0.2, -0.15) is 0 Å². The average molecular weight is 789 g/mol. The van der Waals surface area contributed by atoms with Crippen LogP contribution in [0.3, 0.4) is 0 Å². The number of anilines is 3. The van der Waals surface area contributed by atoms with Gasteiger partial charge in [-0.15, -0.1) is 0 Å². The fourth-order valence-electron chi connectivity index (χ4n) is 9.91. The molecule has 6 aliphatic rings. The standard InChI is InChI=1S/C43H45ClN8O5/c1-27-43(15-18-51(27)31-8-10-36(45-2)35(44)24-31)13-16-49(17-14-43)40(55)28-3-5-29(6-4-28)47-19-21-48(22-20-47)32-25-50(26-32)30-7-9-33-34(23-30)42(57)52(41(33)56)37-11-12-38(53)46-39(37)54/h3-10,23-24,27,32,37H,11-22,25-26H2,1H3,(H,46,53,54). The number of halogens is 1. The van der Waals surface area contributed by atoms with E-state index >= 15 is 0 Å². The zero-order chi connectivity index (χ0) is 39.6. The molecule has 5 amide bonds. The number of piperazine rings is 1. The quantitative estimate of drug-likeness (QED) is 0.277.